The van der Waals surface area contributed by atoms with Crippen molar-refractivity contribution < 1.29 is 0 Å². The van der Waals surface area contributed by atoms with E-state index < -0.39 is 5.69 Å². The summed E-state index contributed by atoms with van der Waals surface area (Å²) in [4.78, 5) is 25.9. The van der Waals surface area contributed by atoms with Crippen molar-refractivity contribution in [3.63, 3.8) is 0 Å². The molecule has 21 heavy (non-hydrogen) atoms. The topological polar surface area (TPSA) is 80.9 Å². The molecule has 0 unspecified atom stereocenters. The van der Waals surface area contributed by atoms with E-state index in [2.05, 4.69) is 4.98 Å². The van der Waals surface area contributed by atoms with Crippen molar-refractivity contribution in [1.82, 2.24) is 9.55 Å². The second-order valence-corrected chi connectivity index (χ2v) is 5.41. The average molecular weight is 324 g/mol. The summed E-state index contributed by atoms with van der Waals surface area (Å²) in [6.45, 7) is 2.11. The monoisotopic (exact) mass is 323 g/mol. The first-order valence-electron chi connectivity index (χ1n) is 6.33. The van der Waals surface area contributed by atoms with Crippen molar-refractivity contribution in [3.8, 4) is 0 Å². The number of H-pyrrole nitrogens is 1. The zero-order valence-corrected chi connectivity index (χ0v) is 12.9. The molecule has 0 aliphatic carbocycles. The summed E-state index contributed by atoms with van der Waals surface area (Å²) < 4.78 is 1.42. The van der Waals surface area contributed by atoms with Gasteiger partial charge in [0, 0.05) is 22.3 Å². The van der Waals surface area contributed by atoms with E-state index >= 15 is 0 Å². The Kier molecular flexibility index (Phi) is 4.59. The molecule has 0 bridgehead atoms. The van der Waals surface area contributed by atoms with Gasteiger partial charge in [-0.1, -0.05) is 42.9 Å². The molecule has 0 aliphatic rings. The molecule has 0 amide bonds. The van der Waals surface area contributed by atoms with E-state index in [1.54, 1.807) is 24.4 Å². The normalized spacial score (nSPS) is 10.6. The van der Waals surface area contributed by atoms with Gasteiger partial charge in [-0.05, 0) is 18.1 Å². The third-order valence-corrected chi connectivity index (χ3v) is 3.73. The van der Waals surface area contributed by atoms with E-state index in [4.69, 9.17) is 29.6 Å². The van der Waals surface area contributed by atoms with Crippen LogP contribution >= 0.6 is 23.8 Å². The molecule has 0 spiro atoms. The van der Waals surface area contributed by atoms with E-state index in [1.165, 1.54) is 4.57 Å². The van der Waals surface area contributed by atoms with Gasteiger partial charge in [0.15, 0.2) is 0 Å². The maximum absolute atomic E-state index is 11.8. The van der Waals surface area contributed by atoms with Crippen LogP contribution in [0.3, 0.4) is 0 Å². The van der Waals surface area contributed by atoms with Gasteiger partial charge in [-0.25, -0.2) is 4.79 Å². The van der Waals surface area contributed by atoms with Crippen molar-refractivity contribution in [3.05, 3.63) is 66.9 Å². The Morgan fingerprint density at radius 2 is 2.10 bits per heavy atom. The number of hydrogen-bond acceptors (Lipinski definition) is 3. The summed E-state index contributed by atoms with van der Waals surface area (Å²) in [5.74, 6) is 0. The number of thiocarbonyl (C=S) groups is 1. The SMILES string of the molecule is CCc1cn(Cc2ccc(C(N)=S)cc2Cl)c(=O)[nH]c1=O. The fourth-order valence-corrected chi connectivity index (χ4v) is 2.30. The summed E-state index contributed by atoms with van der Waals surface area (Å²) in [5, 5.41) is 0.469. The minimum absolute atomic E-state index is 0.262. The highest BCUT2D eigenvalue weighted by Crippen LogP contribution is 2.18. The number of halogens is 1. The molecule has 2 rings (SSSR count). The van der Waals surface area contributed by atoms with Gasteiger partial charge in [0.25, 0.3) is 5.56 Å². The Balaban J connectivity index is 2.41. The lowest BCUT2D eigenvalue weighted by Gasteiger charge is -2.09. The number of nitrogens with zero attached hydrogens (tertiary/aromatic N) is 1. The first-order chi connectivity index (χ1) is 9.92. The quantitative estimate of drug-likeness (QED) is 0.834. The van der Waals surface area contributed by atoms with Crippen LogP contribution in [0.1, 0.15) is 23.6 Å². The molecule has 3 N–H and O–H groups in total. The number of aromatic amines is 1. The first-order valence-corrected chi connectivity index (χ1v) is 7.12. The molecule has 1 aromatic heterocycles. The number of rotatable bonds is 4. The van der Waals surface area contributed by atoms with Crippen LogP contribution in [0.25, 0.3) is 0 Å². The Bertz CT molecular complexity index is 811. The molecule has 0 radical (unpaired) electrons. The van der Waals surface area contributed by atoms with Crippen molar-refractivity contribution in [2.45, 2.75) is 19.9 Å². The molecule has 0 atom stereocenters. The zero-order valence-electron chi connectivity index (χ0n) is 11.4. The van der Waals surface area contributed by atoms with Gasteiger partial charge in [-0.2, -0.15) is 0 Å². The van der Waals surface area contributed by atoms with Crippen LogP contribution in [0.15, 0.2) is 34.0 Å². The maximum Gasteiger partial charge on any atom is 0.328 e. The number of benzene rings is 1. The van der Waals surface area contributed by atoms with Gasteiger partial charge in [-0.15, -0.1) is 0 Å². The van der Waals surface area contributed by atoms with Crippen LogP contribution in [-0.2, 0) is 13.0 Å². The molecule has 5 nitrogen and oxygen atoms in total. The maximum atomic E-state index is 11.8. The predicted octanol–water partition coefficient (Wildman–Crippen LogP) is 1.43. The van der Waals surface area contributed by atoms with Crippen molar-refractivity contribution in [2.24, 2.45) is 5.73 Å². The van der Waals surface area contributed by atoms with Crippen LogP contribution in [0.4, 0.5) is 0 Å². The standard InChI is InChI=1S/C14H14ClN3O2S/c1-2-8-6-18(14(20)17-13(8)19)7-10-4-3-9(12(16)21)5-11(10)15/h3-6H,2,7H2,1H3,(H2,16,21)(H,17,19,20). The van der Waals surface area contributed by atoms with Crippen LogP contribution in [0.5, 0.6) is 0 Å². The summed E-state index contributed by atoms with van der Waals surface area (Å²) in [7, 11) is 0. The Morgan fingerprint density at radius 3 is 2.67 bits per heavy atom. The lowest BCUT2D eigenvalue weighted by molar-refractivity contribution is 0.708. The first kappa shape index (κ1) is 15.5. The van der Waals surface area contributed by atoms with Crippen molar-refractivity contribution in [1.29, 1.82) is 0 Å². The molecule has 0 fully saturated rings. The third-order valence-electron chi connectivity index (χ3n) is 3.14. The van der Waals surface area contributed by atoms with Crippen LogP contribution < -0.4 is 17.0 Å². The molecule has 1 aromatic carbocycles. The molecule has 0 aliphatic heterocycles. The third kappa shape index (κ3) is 3.40. The summed E-state index contributed by atoms with van der Waals surface area (Å²) in [6, 6.07) is 5.18. The predicted molar refractivity (Wildman–Crippen MR) is 87.1 cm³/mol. The fraction of sp³-hybridized carbons (Fsp3) is 0.214. The minimum atomic E-state index is -0.466. The van der Waals surface area contributed by atoms with E-state index in [-0.39, 0.29) is 17.1 Å². The van der Waals surface area contributed by atoms with E-state index in [0.717, 1.165) is 5.56 Å². The van der Waals surface area contributed by atoms with Gasteiger partial charge in [0.05, 0.1) is 6.54 Å². The molecule has 2 aromatic rings. The van der Waals surface area contributed by atoms with Gasteiger partial charge < -0.3 is 5.73 Å². The lowest BCUT2D eigenvalue weighted by atomic mass is 10.1. The smallest absolute Gasteiger partial charge is 0.328 e. The zero-order chi connectivity index (χ0) is 15.6. The Labute approximate surface area is 131 Å². The van der Waals surface area contributed by atoms with E-state index in [0.29, 0.717) is 22.6 Å². The molecular formula is C14H14ClN3O2S. The van der Waals surface area contributed by atoms with Crippen LogP contribution in [0, 0.1) is 0 Å². The van der Waals surface area contributed by atoms with Crippen molar-refractivity contribution in [2.75, 3.05) is 0 Å². The average Bonchev–Trinajstić information content (AvgIpc) is 2.43. The number of aryl methyl sites for hydroxylation is 1. The molecule has 110 valence electrons. The van der Waals surface area contributed by atoms with Gasteiger partial charge in [0.2, 0.25) is 0 Å². The molecule has 0 saturated carbocycles. The number of nitrogens with one attached hydrogen (secondary N) is 1. The Hall–Kier alpha value is -1.92. The highest BCUT2D eigenvalue weighted by Gasteiger charge is 2.08. The second kappa shape index (κ2) is 6.24. The van der Waals surface area contributed by atoms with Gasteiger partial charge in [0.1, 0.15) is 4.99 Å². The molecule has 0 saturated heterocycles. The molecular weight excluding hydrogens is 310 g/mol. The summed E-state index contributed by atoms with van der Waals surface area (Å²) in [5.41, 5.74) is 6.68. The van der Waals surface area contributed by atoms with Crippen LogP contribution in [0.2, 0.25) is 5.02 Å². The van der Waals surface area contributed by atoms with Crippen LogP contribution in [-0.4, -0.2) is 14.5 Å². The van der Waals surface area contributed by atoms with Crippen molar-refractivity contribution >= 4 is 28.8 Å². The van der Waals surface area contributed by atoms with E-state index in [9.17, 15) is 9.59 Å². The fourth-order valence-electron chi connectivity index (χ4n) is 1.94. The molecule has 7 heteroatoms. The summed E-state index contributed by atoms with van der Waals surface area (Å²) >= 11 is 11.1. The molecule has 1 heterocycles. The second-order valence-electron chi connectivity index (χ2n) is 4.57. The van der Waals surface area contributed by atoms with Gasteiger partial charge in [-0.3, -0.25) is 14.3 Å². The largest absolute Gasteiger partial charge is 0.389 e. The highest BCUT2D eigenvalue weighted by atomic mass is 35.5. The summed E-state index contributed by atoms with van der Waals surface area (Å²) in [6.07, 6.45) is 2.10. The van der Waals surface area contributed by atoms with E-state index in [1.807, 2.05) is 6.92 Å². The number of aromatic nitrogens is 2. The number of nitrogens with two attached hydrogens (primary N) is 1. The lowest BCUT2D eigenvalue weighted by Crippen LogP contribution is -2.31. The number of hydrogen-bond donors (Lipinski definition) is 2. The minimum Gasteiger partial charge on any atom is -0.389 e. The Morgan fingerprint density at radius 1 is 1.38 bits per heavy atom. The van der Waals surface area contributed by atoms with Gasteiger partial charge >= 0.3 is 5.69 Å². The highest BCUT2D eigenvalue weighted by molar-refractivity contribution is 7.80.